The van der Waals surface area contributed by atoms with E-state index in [4.69, 9.17) is 11.0 Å². The molecule has 1 rings (SSSR count). The number of phenols is 1. The average Bonchev–Trinajstić information content (AvgIpc) is 2.09. The van der Waals surface area contributed by atoms with Gasteiger partial charge in [0.2, 0.25) is 0 Å². The van der Waals surface area contributed by atoms with Crippen LogP contribution >= 0.6 is 0 Å². The van der Waals surface area contributed by atoms with Crippen molar-refractivity contribution in [1.29, 1.82) is 5.26 Å². The van der Waals surface area contributed by atoms with Gasteiger partial charge in [0.1, 0.15) is 6.07 Å². The van der Waals surface area contributed by atoms with E-state index >= 15 is 0 Å². The zero-order chi connectivity index (χ0) is 10.0. The zero-order valence-electron chi connectivity index (χ0n) is 7.03. The summed E-state index contributed by atoms with van der Waals surface area (Å²) in [5.74, 6) is -0.462. The average molecular weight is 176 g/mol. The molecular formula is C9H8N2O2. The fourth-order valence-corrected chi connectivity index (χ4v) is 0.945. The van der Waals surface area contributed by atoms with Gasteiger partial charge in [0.15, 0.2) is 11.5 Å². The molecule has 0 aliphatic rings. The first-order valence-electron chi connectivity index (χ1n) is 3.59. The number of nitriles is 1. The molecule has 0 radical (unpaired) electrons. The van der Waals surface area contributed by atoms with Gasteiger partial charge in [-0.3, -0.25) is 4.79 Å². The van der Waals surface area contributed by atoms with Crippen molar-refractivity contribution in [2.75, 3.05) is 5.73 Å². The summed E-state index contributed by atoms with van der Waals surface area (Å²) in [4.78, 5) is 10.9. The lowest BCUT2D eigenvalue weighted by Crippen LogP contribution is -1.97. The van der Waals surface area contributed by atoms with E-state index in [1.54, 1.807) is 6.07 Å². The highest BCUT2D eigenvalue weighted by molar-refractivity contribution is 5.96. The van der Waals surface area contributed by atoms with Gasteiger partial charge in [-0.1, -0.05) is 0 Å². The Balaban J connectivity index is 3.41. The van der Waals surface area contributed by atoms with Gasteiger partial charge in [-0.25, -0.2) is 0 Å². The van der Waals surface area contributed by atoms with E-state index in [9.17, 15) is 9.90 Å². The van der Waals surface area contributed by atoms with E-state index in [2.05, 4.69) is 0 Å². The van der Waals surface area contributed by atoms with Crippen molar-refractivity contribution in [1.82, 2.24) is 0 Å². The van der Waals surface area contributed by atoms with E-state index in [-0.39, 0.29) is 22.8 Å². The van der Waals surface area contributed by atoms with Crippen molar-refractivity contribution in [3.63, 3.8) is 0 Å². The molecule has 4 heteroatoms. The molecule has 1 aromatic rings. The Labute approximate surface area is 75.2 Å². The van der Waals surface area contributed by atoms with E-state index in [0.29, 0.717) is 5.56 Å². The van der Waals surface area contributed by atoms with E-state index in [0.717, 1.165) is 0 Å². The highest BCUT2D eigenvalue weighted by Crippen LogP contribution is 2.26. The smallest absolute Gasteiger partial charge is 0.159 e. The van der Waals surface area contributed by atoms with Gasteiger partial charge >= 0.3 is 0 Å². The Hall–Kier alpha value is -2.02. The van der Waals surface area contributed by atoms with Gasteiger partial charge in [-0.05, 0) is 19.1 Å². The largest absolute Gasteiger partial charge is 0.504 e. The molecule has 3 N–H and O–H groups in total. The molecule has 0 heterocycles. The lowest BCUT2D eigenvalue weighted by atomic mass is 10.1. The maximum absolute atomic E-state index is 10.9. The summed E-state index contributed by atoms with van der Waals surface area (Å²) in [6.45, 7) is 1.37. The molecule has 0 saturated carbocycles. The van der Waals surface area contributed by atoms with Gasteiger partial charge in [0, 0.05) is 5.56 Å². The number of hydrogen-bond acceptors (Lipinski definition) is 4. The molecule has 0 bridgehead atoms. The zero-order valence-corrected chi connectivity index (χ0v) is 7.03. The summed E-state index contributed by atoms with van der Waals surface area (Å²) in [6, 6.07) is 4.41. The minimum Gasteiger partial charge on any atom is -0.504 e. The summed E-state index contributed by atoms with van der Waals surface area (Å²) in [5, 5.41) is 17.8. The first-order chi connectivity index (χ1) is 6.06. The van der Waals surface area contributed by atoms with E-state index < -0.39 is 0 Å². The van der Waals surface area contributed by atoms with E-state index in [1.165, 1.54) is 19.1 Å². The minimum absolute atomic E-state index is 0.0187. The Bertz CT molecular complexity index is 405. The van der Waals surface area contributed by atoms with Crippen molar-refractivity contribution < 1.29 is 9.90 Å². The van der Waals surface area contributed by atoms with Crippen LogP contribution in [0.5, 0.6) is 5.75 Å². The third kappa shape index (κ3) is 1.59. The number of ketones is 1. The lowest BCUT2D eigenvalue weighted by Gasteiger charge is -2.02. The number of nitrogens with two attached hydrogens (primary N) is 1. The van der Waals surface area contributed by atoms with Crippen LogP contribution in [0.2, 0.25) is 0 Å². The molecule has 0 atom stereocenters. The molecule has 4 nitrogen and oxygen atoms in total. The highest BCUT2D eigenvalue weighted by Gasteiger charge is 2.09. The van der Waals surface area contributed by atoms with Gasteiger partial charge in [-0.2, -0.15) is 5.26 Å². The molecule has 66 valence electrons. The number of benzene rings is 1. The van der Waals surface area contributed by atoms with Crippen LogP contribution in [0, 0.1) is 11.3 Å². The second-order valence-electron chi connectivity index (χ2n) is 2.63. The SMILES string of the molecule is CC(=O)c1cc(N)c(O)c(C#N)c1. The van der Waals surface area contributed by atoms with Crippen molar-refractivity contribution in [3.8, 4) is 11.8 Å². The van der Waals surface area contributed by atoms with Crippen molar-refractivity contribution >= 4 is 11.5 Å². The first kappa shape index (κ1) is 9.07. The van der Waals surface area contributed by atoms with Gasteiger partial charge in [-0.15, -0.1) is 0 Å². The number of carbonyl (C=O) groups is 1. The molecule has 0 unspecified atom stereocenters. The number of hydrogen-bond donors (Lipinski definition) is 2. The summed E-state index contributed by atoms with van der Waals surface area (Å²) in [7, 11) is 0. The van der Waals surface area contributed by atoms with Crippen LogP contribution in [0.3, 0.4) is 0 Å². The second kappa shape index (κ2) is 3.15. The van der Waals surface area contributed by atoms with Crippen LogP contribution in [-0.2, 0) is 0 Å². The predicted molar refractivity (Wildman–Crippen MR) is 47.2 cm³/mol. The van der Waals surface area contributed by atoms with Gasteiger partial charge in [0.25, 0.3) is 0 Å². The normalized spacial score (nSPS) is 9.23. The predicted octanol–water partition coefficient (Wildman–Crippen LogP) is 1.05. The van der Waals surface area contributed by atoms with Gasteiger partial charge in [0.05, 0.1) is 11.3 Å². The Kier molecular flexibility index (Phi) is 2.20. The molecule has 13 heavy (non-hydrogen) atoms. The minimum atomic E-state index is -0.271. The number of anilines is 1. The first-order valence-corrected chi connectivity index (χ1v) is 3.59. The quantitative estimate of drug-likeness (QED) is 0.380. The summed E-state index contributed by atoms with van der Waals surface area (Å²) in [6.07, 6.45) is 0. The fraction of sp³-hybridized carbons (Fsp3) is 0.111. The molecule has 0 aliphatic carbocycles. The highest BCUT2D eigenvalue weighted by atomic mass is 16.3. The van der Waals surface area contributed by atoms with E-state index in [1.807, 2.05) is 0 Å². The number of rotatable bonds is 1. The molecule has 1 aromatic carbocycles. The molecule has 0 aromatic heterocycles. The van der Waals surface area contributed by atoms with Crippen LogP contribution in [0.25, 0.3) is 0 Å². The maximum atomic E-state index is 10.9. The number of Topliss-reactive ketones (excluding diaryl/α,β-unsaturated/α-hetero) is 1. The molecule has 0 saturated heterocycles. The van der Waals surface area contributed by atoms with Gasteiger partial charge < -0.3 is 10.8 Å². The number of nitrogen functional groups attached to an aromatic ring is 1. The summed E-state index contributed by atoms with van der Waals surface area (Å²) >= 11 is 0. The van der Waals surface area contributed by atoms with Crippen LogP contribution in [0.15, 0.2) is 12.1 Å². The molecule has 0 aliphatic heterocycles. The molecule has 0 fully saturated rings. The molecule has 0 spiro atoms. The van der Waals surface area contributed by atoms with Crippen LogP contribution in [0.4, 0.5) is 5.69 Å². The summed E-state index contributed by atoms with van der Waals surface area (Å²) in [5.41, 5.74) is 5.77. The number of carbonyl (C=O) groups excluding carboxylic acids is 1. The van der Waals surface area contributed by atoms with Crippen LogP contribution in [-0.4, -0.2) is 10.9 Å². The van der Waals surface area contributed by atoms with Crippen molar-refractivity contribution in [3.05, 3.63) is 23.3 Å². The Morgan fingerprint density at radius 3 is 2.69 bits per heavy atom. The third-order valence-corrected chi connectivity index (χ3v) is 1.67. The van der Waals surface area contributed by atoms with Crippen molar-refractivity contribution in [2.45, 2.75) is 6.92 Å². The summed E-state index contributed by atoms with van der Waals surface area (Å²) < 4.78 is 0. The van der Waals surface area contributed by atoms with Crippen LogP contribution < -0.4 is 5.73 Å². The standard InChI is InChI=1S/C9H8N2O2/c1-5(12)6-2-7(4-10)9(13)8(11)3-6/h2-3,13H,11H2,1H3. The Morgan fingerprint density at radius 2 is 2.23 bits per heavy atom. The number of phenolic OH excluding ortho intramolecular Hbond substituents is 1. The maximum Gasteiger partial charge on any atom is 0.159 e. The van der Waals surface area contributed by atoms with Crippen molar-refractivity contribution in [2.24, 2.45) is 0 Å². The van der Waals surface area contributed by atoms with Crippen LogP contribution in [0.1, 0.15) is 22.8 Å². The third-order valence-electron chi connectivity index (χ3n) is 1.67. The Morgan fingerprint density at radius 1 is 1.62 bits per heavy atom. The number of aromatic hydroxyl groups is 1. The molecular weight excluding hydrogens is 168 g/mol. The number of nitrogens with zero attached hydrogens (tertiary/aromatic N) is 1. The fourth-order valence-electron chi connectivity index (χ4n) is 0.945. The second-order valence-corrected chi connectivity index (χ2v) is 2.63. The molecule has 0 amide bonds. The monoisotopic (exact) mass is 176 g/mol. The lowest BCUT2D eigenvalue weighted by molar-refractivity contribution is 0.101. The topological polar surface area (TPSA) is 87.1 Å².